The summed E-state index contributed by atoms with van der Waals surface area (Å²) in [7, 11) is 0. The molecule has 0 radical (unpaired) electrons. The lowest BCUT2D eigenvalue weighted by atomic mass is 10.1. The molecule has 2 heterocycles. The molecule has 0 fully saturated rings. The van der Waals surface area contributed by atoms with Gasteiger partial charge in [-0.1, -0.05) is 0 Å². The number of aromatic nitrogens is 1. The number of ether oxygens (including phenoxy) is 1. The second-order valence-corrected chi connectivity index (χ2v) is 4.70. The minimum atomic E-state index is -1.52. The lowest BCUT2D eigenvalue weighted by Gasteiger charge is -2.34. The van der Waals surface area contributed by atoms with Crippen LogP contribution in [0.3, 0.4) is 0 Å². The van der Waals surface area contributed by atoms with Crippen molar-refractivity contribution in [2.45, 2.75) is 19.7 Å². The molecule has 0 aromatic carbocycles. The number of hydrogen-bond acceptors (Lipinski definition) is 6. The average Bonchev–Trinajstić information content (AvgIpc) is 2.45. The van der Waals surface area contributed by atoms with Crippen LogP contribution in [0.15, 0.2) is 11.0 Å². The fraction of sp³-hybridized carbons (Fsp3) is 0.462. The van der Waals surface area contributed by atoms with E-state index in [1.807, 2.05) is 0 Å². The van der Waals surface area contributed by atoms with E-state index in [-0.39, 0.29) is 25.4 Å². The van der Waals surface area contributed by atoms with Gasteiger partial charge in [0.1, 0.15) is 11.8 Å². The van der Waals surface area contributed by atoms with Crippen molar-refractivity contribution < 1.29 is 29.6 Å². The molecule has 0 aliphatic carbocycles. The summed E-state index contributed by atoms with van der Waals surface area (Å²) in [6.07, 6.45) is -0.259. The second kappa shape index (κ2) is 6.16. The number of carbonyl (C=O) groups is 2. The maximum atomic E-state index is 12.3. The number of aromatic hydroxyl groups is 1. The van der Waals surface area contributed by atoms with E-state index < -0.39 is 34.8 Å². The normalized spacial score (nSPS) is 17.5. The Bertz CT molecular complexity index is 667. The SMILES string of the molecule is CCOCCN1C(=O)c2c(O)c(=O)c(C(=O)O)cn2CC1O. The van der Waals surface area contributed by atoms with E-state index in [0.29, 0.717) is 6.61 Å². The largest absolute Gasteiger partial charge is 0.503 e. The number of pyridine rings is 1. The highest BCUT2D eigenvalue weighted by Crippen LogP contribution is 2.22. The molecule has 0 bridgehead atoms. The van der Waals surface area contributed by atoms with Crippen LogP contribution in [0.1, 0.15) is 27.8 Å². The first-order chi connectivity index (χ1) is 10.4. The van der Waals surface area contributed by atoms with Crippen LogP contribution < -0.4 is 5.43 Å². The van der Waals surface area contributed by atoms with Gasteiger partial charge in [-0.2, -0.15) is 0 Å². The van der Waals surface area contributed by atoms with E-state index in [2.05, 4.69) is 0 Å². The standard InChI is InChI=1S/C13H16N2O7/c1-2-22-4-3-15-8(16)6-14-5-7(13(20)21)10(17)11(18)9(14)12(15)19/h5,8,16,18H,2-4,6H2,1H3,(H,20,21). The first-order valence-electron chi connectivity index (χ1n) is 6.65. The summed E-state index contributed by atoms with van der Waals surface area (Å²) in [4.78, 5) is 36.1. The Labute approximate surface area is 125 Å². The molecular formula is C13H16N2O7. The Kier molecular flexibility index (Phi) is 4.48. The summed E-state index contributed by atoms with van der Waals surface area (Å²) >= 11 is 0. The van der Waals surface area contributed by atoms with Crippen molar-refractivity contribution in [3.63, 3.8) is 0 Å². The molecule has 9 heteroatoms. The minimum absolute atomic E-state index is 0.0855. The van der Waals surface area contributed by atoms with Crippen LogP contribution in [0, 0.1) is 0 Å². The molecule has 1 aliphatic rings. The van der Waals surface area contributed by atoms with Crippen molar-refractivity contribution in [1.82, 2.24) is 9.47 Å². The van der Waals surface area contributed by atoms with Crippen LogP contribution in [0.25, 0.3) is 0 Å². The molecular weight excluding hydrogens is 296 g/mol. The Morgan fingerprint density at radius 3 is 2.73 bits per heavy atom. The molecule has 0 spiro atoms. The number of aromatic carboxylic acids is 1. The number of amides is 1. The third-order valence-electron chi connectivity index (χ3n) is 3.35. The molecule has 3 N–H and O–H groups in total. The van der Waals surface area contributed by atoms with Gasteiger partial charge in [0.25, 0.3) is 5.91 Å². The first kappa shape index (κ1) is 16.0. The van der Waals surface area contributed by atoms with Crippen molar-refractivity contribution in [2.75, 3.05) is 19.8 Å². The average molecular weight is 312 g/mol. The second-order valence-electron chi connectivity index (χ2n) is 4.70. The van der Waals surface area contributed by atoms with Crippen molar-refractivity contribution in [2.24, 2.45) is 0 Å². The highest BCUT2D eigenvalue weighted by Gasteiger charge is 2.35. The predicted molar refractivity (Wildman–Crippen MR) is 72.9 cm³/mol. The number of nitrogens with zero attached hydrogens (tertiary/aromatic N) is 2. The molecule has 1 unspecified atom stereocenters. The van der Waals surface area contributed by atoms with Gasteiger partial charge < -0.3 is 29.5 Å². The third kappa shape index (κ3) is 2.68. The van der Waals surface area contributed by atoms with Gasteiger partial charge in [-0.3, -0.25) is 9.59 Å². The molecule has 0 saturated carbocycles. The number of aliphatic hydroxyl groups is 1. The van der Waals surface area contributed by atoms with Crippen LogP contribution in [0.4, 0.5) is 0 Å². The van der Waals surface area contributed by atoms with Crippen molar-refractivity contribution in [3.8, 4) is 5.75 Å². The van der Waals surface area contributed by atoms with Gasteiger partial charge in [0.15, 0.2) is 11.4 Å². The quantitative estimate of drug-likeness (QED) is 0.598. The smallest absolute Gasteiger partial charge is 0.341 e. The molecule has 1 atom stereocenters. The third-order valence-corrected chi connectivity index (χ3v) is 3.35. The molecule has 2 rings (SSSR count). The van der Waals surface area contributed by atoms with Crippen LogP contribution in [0.2, 0.25) is 0 Å². The highest BCUT2D eigenvalue weighted by atomic mass is 16.5. The number of rotatable bonds is 5. The number of aliphatic hydroxyl groups excluding tert-OH is 1. The lowest BCUT2D eigenvalue weighted by molar-refractivity contribution is -0.0232. The van der Waals surface area contributed by atoms with E-state index in [9.17, 15) is 24.6 Å². The van der Waals surface area contributed by atoms with Gasteiger partial charge in [0.05, 0.1) is 13.2 Å². The topological polar surface area (TPSA) is 129 Å². The molecule has 1 aromatic rings. The zero-order chi connectivity index (χ0) is 16.4. The number of carboxylic acids is 1. The van der Waals surface area contributed by atoms with Crippen molar-refractivity contribution >= 4 is 11.9 Å². The fourth-order valence-corrected chi connectivity index (χ4v) is 2.27. The zero-order valence-corrected chi connectivity index (χ0v) is 11.9. The molecule has 1 amide bonds. The maximum absolute atomic E-state index is 12.3. The van der Waals surface area contributed by atoms with E-state index in [1.165, 1.54) is 0 Å². The van der Waals surface area contributed by atoms with Crippen LogP contribution in [0.5, 0.6) is 5.75 Å². The molecule has 120 valence electrons. The summed E-state index contributed by atoms with van der Waals surface area (Å²) in [5, 5.41) is 28.8. The van der Waals surface area contributed by atoms with Gasteiger partial charge in [0.2, 0.25) is 5.43 Å². The number of carboxylic acid groups (broad SMARTS) is 1. The molecule has 22 heavy (non-hydrogen) atoms. The van der Waals surface area contributed by atoms with E-state index in [1.54, 1.807) is 6.92 Å². The minimum Gasteiger partial charge on any atom is -0.503 e. The highest BCUT2D eigenvalue weighted by molar-refractivity contribution is 5.97. The Morgan fingerprint density at radius 2 is 2.14 bits per heavy atom. The first-order valence-corrected chi connectivity index (χ1v) is 6.65. The van der Waals surface area contributed by atoms with E-state index in [0.717, 1.165) is 15.7 Å². The molecule has 9 nitrogen and oxygen atoms in total. The monoisotopic (exact) mass is 312 g/mol. The molecule has 0 saturated heterocycles. The molecule has 1 aliphatic heterocycles. The van der Waals surface area contributed by atoms with Crippen molar-refractivity contribution in [3.05, 3.63) is 27.7 Å². The Balaban J connectivity index is 2.43. The summed E-state index contributed by atoms with van der Waals surface area (Å²) in [6.45, 7) is 2.35. The lowest BCUT2D eigenvalue weighted by Crippen LogP contribution is -2.50. The zero-order valence-electron chi connectivity index (χ0n) is 11.9. The Morgan fingerprint density at radius 1 is 1.45 bits per heavy atom. The number of hydrogen-bond donors (Lipinski definition) is 3. The van der Waals surface area contributed by atoms with Gasteiger partial charge in [0, 0.05) is 19.3 Å². The van der Waals surface area contributed by atoms with E-state index >= 15 is 0 Å². The summed E-state index contributed by atoms with van der Waals surface area (Å²) in [5.74, 6) is -3.21. The van der Waals surface area contributed by atoms with Crippen molar-refractivity contribution in [1.29, 1.82) is 0 Å². The summed E-state index contributed by atoms with van der Waals surface area (Å²) < 4.78 is 6.19. The van der Waals surface area contributed by atoms with Gasteiger partial charge in [-0.15, -0.1) is 0 Å². The number of carbonyl (C=O) groups excluding carboxylic acids is 1. The maximum Gasteiger partial charge on any atom is 0.341 e. The van der Waals surface area contributed by atoms with Gasteiger partial charge >= 0.3 is 5.97 Å². The summed E-state index contributed by atoms with van der Waals surface area (Å²) in [5.41, 5.74) is -2.13. The van der Waals surface area contributed by atoms with Crippen LogP contribution in [-0.4, -0.2) is 62.6 Å². The van der Waals surface area contributed by atoms with Gasteiger partial charge in [-0.25, -0.2) is 4.79 Å². The predicted octanol–water partition coefficient (Wildman–Crippen LogP) is -0.937. The van der Waals surface area contributed by atoms with Gasteiger partial charge in [-0.05, 0) is 6.92 Å². The van der Waals surface area contributed by atoms with Crippen LogP contribution >= 0.6 is 0 Å². The number of fused-ring (bicyclic) bond motifs is 1. The Hall–Kier alpha value is -2.39. The molecule has 1 aromatic heterocycles. The van der Waals surface area contributed by atoms with Crippen LogP contribution in [-0.2, 0) is 11.3 Å². The van der Waals surface area contributed by atoms with E-state index in [4.69, 9.17) is 9.84 Å². The fourth-order valence-electron chi connectivity index (χ4n) is 2.27. The summed E-state index contributed by atoms with van der Waals surface area (Å²) in [6, 6.07) is 0.